The van der Waals surface area contributed by atoms with Crippen molar-refractivity contribution in [3.05, 3.63) is 0 Å². The SMILES string of the molecule is CC(=O)OOCCOCCNC(=O)CCCNC(=O)CN. The van der Waals surface area contributed by atoms with Crippen molar-refractivity contribution in [2.24, 2.45) is 5.73 Å². The molecule has 9 nitrogen and oxygen atoms in total. The average Bonchev–Trinajstić information content (AvgIpc) is 2.45. The molecule has 0 fully saturated rings. The number of nitrogens with one attached hydrogen (secondary N) is 2. The number of rotatable bonds is 12. The van der Waals surface area contributed by atoms with Crippen LogP contribution in [0.5, 0.6) is 0 Å². The molecule has 0 aromatic rings. The van der Waals surface area contributed by atoms with Gasteiger partial charge in [0.1, 0.15) is 6.61 Å². The van der Waals surface area contributed by atoms with Gasteiger partial charge in [-0.3, -0.25) is 14.5 Å². The smallest absolute Gasteiger partial charge is 0.339 e. The molecule has 0 saturated heterocycles. The van der Waals surface area contributed by atoms with E-state index >= 15 is 0 Å². The van der Waals surface area contributed by atoms with Gasteiger partial charge in [0.05, 0.1) is 19.8 Å². The number of hydrogen-bond donors (Lipinski definition) is 3. The summed E-state index contributed by atoms with van der Waals surface area (Å²) in [7, 11) is 0. The molecule has 0 aliphatic carbocycles. The van der Waals surface area contributed by atoms with Crippen LogP contribution in [0, 0.1) is 0 Å². The van der Waals surface area contributed by atoms with Gasteiger partial charge in [0.25, 0.3) is 0 Å². The summed E-state index contributed by atoms with van der Waals surface area (Å²) < 4.78 is 5.14. The first-order chi connectivity index (χ1) is 10.1. The van der Waals surface area contributed by atoms with Crippen molar-refractivity contribution < 1.29 is 28.9 Å². The average molecular weight is 305 g/mol. The van der Waals surface area contributed by atoms with Crippen LogP contribution in [0.3, 0.4) is 0 Å². The second-order valence-electron chi connectivity index (χ2n) is 4.02. The van der Waals surface area contributed by atoms with Crippen LogP contribution in [0.2, 0.25) is 0 Å². The molecule has 9 heteroatoms. The Hall–Kier alpha value is -1.71. The summed E-state index contributed by atoms with van der Waals surface area (Å²) in [6, 6.07) is 0. The molecule has 0 aliphatic rings. The van der Waals surface area contributed by atoms with Crippen LogP contribution in [0.15, 0.2) is 0 Å². The molecule has 4 N–H and O–H groups in total. The fourth-order valence-electron chi connectivity index (χ4n) is 1.22. The molecular weight excluding hydrogens is 282 g/mol. The van der Waals surface area contributed by atoms with Crippen LogP contribution in [0.4, 0.5) is 0 Å². The number of ether oxygens (including phenoxy) is 1. The molecule has 0 atom stereocenters. The summed E-state index contributed by atoms with van der Waals surface area (Å²) in [5.74, 6) is -0.874. The van der Waals surface area contributed by atoms with E-state index in [1.807, 2.05) is 0 Å². The predicted molar refractivity (Wildman–Crippen MR) is 72.8 cm³/mol. The van der Waals surface area contributed by atoms with Crippen molar-refractivity contribution in [3.63, 3.8) is 0 Å². The fraction of sp³-hybridized carbons (Fsp3) is 0.750. The number of hydrogen-bond acceptors (Lipinski definition) is 7. The zero-order valence-corrected chi connectivity index (χ0v) is 12.2. The first-order valence-electron chi connectivity index (χ1n) is 6.67. The van der Waals surface area contributed by atoms with Crippen molar-refractivity contribution in [2.45, 2.75) is 19.8 Å². The fourth-order valence-corrected chi connectivity index (χ4v) is 1.22. The molecular formula is C12H23N3O6. The van der Waals surface area contributed by atoms with Crippen LogP contribution in [0.1, 0.15) is 19.8 Å². The van der Waals surface area contributed by atoms with Gasteiger partial charge in [0.2, 0.25) is 11.8 Å². The maximum atomic E-state index is 11.4. The summed E-state index contributed by atoms with van der Waals surface area (Å²) >= 11 is 0. The Morgan fingerprint density at radius 3 is 2.38 bits per heavy atom. The molecule has 122 valence electrons. The highest BCUT2D eigenvalue weighted by Crippen LogP contribution is 1.87. The maximum Gasteiger partial charge on any atom is 0.339 e. The minimum absolute atomic E-state index is 0.0509. The van der Waals surface area contributed by atoms with E-state index in [-0.39, 0.29) is 31.6 Å². The second-order valence-corrected chi connectivity index (χ2v) is 4.02. The van der Waals surface area contributed by atoms with Gasteiger partial charge >= 0.3 is 5.97 Å². The lowest BCUT2D eigenvalue weighted by Crippen LogP contribution is -2.32. The first-order valence-corrected chi connectivity index (χ1v) is 6.67. The van der Waals surface area contributed by atoms with E-state index in [1.165, 1.54) is 6.92 Å². The van der Waals surface area contributed by atoms with Gasteiger partial charge in [-0.25, -0.2) is 4.79 Å². The van der Waals surface area contributed by atoms with Crippen molar-refractivity contribution in [2.75, 3.05) is 39.5 Å². The largest absolute Gasteiger partial charge is 0.377 e. The lowest BCUT2D eigenvalue weighted by Gasteiger charge is -2.07. The summed E-state index contributed by atoms with van der Waals surface area (Å²) in [5, 5.41) is 5.24. The van der Waals surface area contributed by atoms with Crippen molar-refractivity contribution in [1.29, 1.82) is 0 Å². The van der Waals surface area contributed by atoms with E-state index in [9.17, 15) is 14.4 Å². The normalized spacial score (nSPS) is 10.0. The highest BCUT2D eigenvalue weighted by Gasteiger charge is 2.01. The highest BCUT2D eigenvalue weighted by molar-refractivity contribution is 5.78. The van der Waals surface area contributed by atoms with Crippen LogP contribution in [-0.2, 0) is 28.9 Å². The predicted octanol–water partition coefficient (Wildman–Crippen LogP) is -1.53. The van der Waals surface area contributed by atoms with Crippen LogP contribution in [0.25, 0.3) is 0 Å². The Morgan fingerprint density at radius 1 is 1.00 bits per heavy atom. The summed E-state index contributed by atoms with van der Waals surface area (Å²) in [6.45, 7) is 2.71. The molecule has 0 radical (unpaired) electrons. The molecule has 0 aromatic carbocycles. The van der Waals surface area contributed by atoms with Gasteiger partial charge in [-0.15, -0.1) is 0 Å². The minimum atomic E-state index is -0.523. The second kappa shape index (κ2) is 13.3. The van der Waals surface area contributed by atoms with Crippen LogP contribution in [-0.4, -0.2) is 57.2 Å². The Balaban J connectivity index is 3.26. The molecule has 0 rings (SSSR count). The van der Waals surface area contributed by atoms with Gasteiger partial charge in [-0.05, 0) is 6.42 Å². The topological polar surface area (TPSA) is 129 Å². The Bertz CT molecular complexity index is 324. The molecule has 0 bridgehead atoms. The lowest BCUT2D eigenvalue weighted by molar-refractivity contribution is -0.274. The Labute approximate surface area is 123 Å². The third kappa shape index (κ3) is 14.5. The van der Waals surface area contributed by atoms with Crippen LogP contribution < -0.4 is 16.4 Å². The molecule has 0 spiro atoms. The minimum Gasteiger partial charge on any atom is -0.377 e. The van der Waals surface area contributed by atoms with E-state index in [0.29, 0.717) is 32.5 Å². The standard InChI is InChI=1S/C12H23N3O6/c1-10(16)21-20-8-7-19-6-5-15-11(17)3-2-4-14-12(18)9-13/h2-9,13H2,1H3,(H,14,18)(H,15,17). The van der Waals surface area contributed by atoms with E-state index < -0.39 is 5.97 Å². The van der Waals surface area contributed by atoms with Gasteiger partial charge in [0.15, 0.2) is 0 Å². The van der Waals surface area contributed by atoms with E-state index in [4.69, 9.17) is 10.5 Å². The highest BCUT2D eigenvalue weighted by atomic mass is 17.2. The van der Waals surface area contributed by atoms with Gasteiger partial charge < -0.3 is 21.1 Å². The Kier molecular flexibility index (Phi) is 12.2. The molecule has 2 amide bonds. The zero-order chi connectivity index (χ0) is 15.9. The number of carbonyl (C=O) groups excluding carboxylic acids is 3. The number of carbonyl (C=O) groups is 3. The van der Waals surface area contributed by atoms with E-state index in [1.54, 1.807) is 0 Å². The van der Waals surface area contributed by atoms with Gasteiger partial charge in [-0.2, -0.15) is 4.89 Å². The molecule has 0 unspecified atom stereocenters. The lowest BCUT2D eigenvalue weighted by atomic mass is 10.3. The van der Waals surface area contributed by atoms with Gasteiger partial charge in [0, 0.05) is 26.4 Å². The van der Waals surface area contributed by atoms with E-state index in [2.05, 4.69) is 20.4 Å². The molecule has 0 aromatic heterocycles. The third-order valence-electron chi connectivity index (χ3n) is 2.14. The van der Waals surface area contributed by atoms with Gasteiger partial charge in [-0.1, -0.05) is 0 Å². The molecule has 0 saturated carbocycles. The molecule has 0 aliphatic heterocycles. The van der Waals surface area contributed by atoms with Crippen molar-refractivity contribution in [1.82, 2.24) is 10.6 Å². The van der Waals surface area contributed by atoms with Crippen LogP contribution >= 0.6 is 0 Å². The first kappa shape index (κ1) is 19.3. The summed E-state index contributed by atoms with van der Waals surface area (Å²) in [4.78, 5) is 41.3. The number of nitrogens with two attached hydrogens (primary N) is 1. The molecule has 0 heterocycles. The van der Waals surface area contributed by atoms with E-state index in [0.717, 1.165) is 0 Å². The summed E-state index contributed by atoms with van der Waals surface area (Å²) in [6.07, 6.45) is 0.870. The van der Waals surface area contributed by atoms with Crippen molar-refractivity contribution >= 4 is 17.8 Å². The van der Waals surface area contributed by atoms with Crippen molar-refractivity contribution in [3.8, 4) is 0 Å². The zero-order valence-electron chi connectivity index (χ0n) is 12.2. The molecule has 21 heavy (non-hydrogen) atoms. The number of amides is 2. The summed E-state index contributed by atoms with van der Waals surface area (Å²) in [5.41, 5.74) is 5.11. The quantitative estimate of drug-likeness (QED) is 0.226. The Morgan fingerprint density at radius 2 is 1.71 bits per heavy atom. The monoisotopic (exact) mass is 305 g/mol. The maximum absolute atomic E-state index is 11.4. The third-order valence-corrected chi connectivity index (χ3v) is 2.14.